The molecule has 1 aliphatic rings. The van der Waals surface area contributed by atoms with Crippen molar-refractivity contribution >= 4 is 29.4 Å². The number of nitrogens with one attached hydrogen (secondary N) is 1. The number of amides is 2. The summed E-state index contributed by atoms with van der Waals surface area (Å²) < 4.78 is 10.9. The molecule has 28 heavy (non-hydrogen) atoms. The molecule has 1 saturated heterocycles. The zero-order valence-electron chi connectivity index (χ0n) is 15.9. The molecule has 2 amide bonds. The molecule has 0 bridgehead atoms. The Labute approximate surface area is 168 Å². The summed E-state index contributed by atoms with van der Waals surface area (Å²) in [4.78, 5) is 26.0. The highest BCUT2D eigenvalue weighted by atomic mass is 32.2. The molecule has 7 nitrogen and oxygen atoms in total. The molecule has 0 radical (unpaired) electrons. The van der Waals surface area contributed by atoms with Gasteiger partial charge >= 0.3 is 0 Å². The van der Waals surface area contributed by atoms with Crippen molar-refractivity contribution in [3.05, 3.63) is 47.7 Å². The summed E-state index contributed by atoms with van der Waals surface area (Å²) in [6, 6.07) is 11.8. The second-order valence-electron chi connectivity index (χ2n) is 6.74. The lowest BCUT2D eigenvalue weighted by atomic mass is 10.1. The highest BCUT2D eigenvalue weighted by Crippen LogP contribution is 2.17. The predicted molar refractivity (Wildman–Crippen MR) is 108 cm³/mol. The number of rotatable bonds is 8. The number of ether oxygens (including phenoxy) is 1. The summed E-state index contributed by atoms with van der Waals surface area (Å²) in [6.45, 7) is 3.76. The Morgan fingerprint density at radius 3 is 2.68 bits per heavy atom. The van der Waals surface area contributed by atoms with Crippen LogP contribution in [0.4, 0.5) is 5.82 Å². The van der Waals surface area contributed by atoms with Gasteiger partial charge in [0.2, 0.25) is 11.8 Å². The van der Waals surface area contributed by atoms with Crippen molar-refractivity contribution in [3.8, 4) is 0 Å². The molecular formula is C20H25N3O4S. The van der Waals surface area contributed by atoms with Gasteiger partial charge in [-0.3, -0.25) is 9.59 Å². The van der Waals surface area contributed by atoms with Gasteiger partial charge in [0.15, 0.2) is 5.82 Å². The average molecular weight is 404 g/mol. The van der Waals surface area contributed by atoms with E-state index in [1.54, 1.807) is 13.0 Å². The van der Waals surface area contributed by atoms with Crippen LogP contribution in [0, 0.1) is 6.92 Å². The van der Waals surface area contributed by atoms with Gasteiger partial charge in [0, 0.05) is 19.2 Å². The van der Waals surface area contributed by atoms with E-state index >= 15 is 0 Å². The van der Waals surface area contributed by atoms with Crippen LogP contribution < -0.4 is 5.32 Å². The molecule has 2 aromatic rings. The van der Waals surface area contributed by atoms with Crippen LogP contribution in [-0.4, -0.2) is 52.6 Å². The van der Waals surface area contributed by atoms with E-state index in [1.165, 1.54) is 11.8 Å². The van der Waals surface area contributed by atoms with Gasteiger partial charge in [-0.15, -0.1) is 11.8 Å². The minimum absolute atomic E-state index is 0.0663. The molecule has 1 fully saturated rings. The van der Waals surface area contributed by atoms with E-state index in [4.69, 9.17) is 9.26 Å². The van der Waals surface area contributed by atoms with E-state index in [-0.39, 0.29) is 23.7 Å². The third-order valence-corrected chi connectivity index (χ3v) is 5.39. The van der Waals surface area contributed by atoms with Crippen molar-refractivity contribution in [3.63, 3.8) is 0 Å². The molecule has 0 saturated carbocycles. The molecule has 3 rings (SSSR count). The van der Waals surface area contributed by atoms with Crippen LogP contribution in [0.1, 0.15) is 24.2 Å². The molecule has 0 unspecified atom stereocenters. The smallest absolute Gasteiger partial charge is 0.235 e. The number of carbonyl (C=O) groups is 2. The molecule has 1 N–H and O–H groups in total. The number of aryl methyl sites for hydroxylation is 1. The van der Waals surface area contributed by atoms with Crippen molar-refractivity contribution in [1.29, 1.82) is 0 Å². The number of benzene rings is 1. The molecular weight excluding hydrogens is 378 g/mol. The molecule has 0 spiro atoms. The Bertz CT molecular complexity index is 773. The standard InChI is InChI=1S/C20H25N3O4S/c1-15-11-18(22-27-15)21-19(24)13-28-14-20(25)23-9-7-17(8-10-23)26-12-16-5-3-2-4-6-16/h2-6,11,17H,7-10,12-14H2,1H3,(H,21,22,24). The summed E-state index contributed by atoms with van der Waals surface area (Å²) in [7, 11) is 0. The molecule has 0 aliphatic carbocycles. The fraction of sp³-hybridized carbons (Fsp3) is 0.450. The normalized spacial score (nSPS) is 14.8. The second kappa shape index (κ2) is 10.3. The fourth-order valence-electron chi connectivity index (χ4n) is 2.99. The lowest BCUT2D eigenvalue weighted by Crippen LogP contribution is -2.41. The van der Waals surface area contributed by atoms with Gasteiger partial charge in [0.05, 0.1) is 24.2 Å². The number of likely N-dealkylation sites (tertiary alicyclic amines) is 1. The summed E-state index contributed by atoms with van der Waals surface area (Å²) >= 11 is 1.30. The van der Waals surface area contributed by atoms with E-state index in [2.05, 4.69) is 22.6 Å². The van der Waals surface area contributed by atoms with Crippen LogP contribution in [0.2, 0.25) is 0 Å². The van der Waals surface area contributed by atoms with E-state index in [0.29, 0.717) is 37.0 Å². The molecule has 1 aliphatic heterocycles. The van der Waals surface area contributed by atoms with E-state index in [9.17, 15) is 9.59 Å². The zero-order chi connectivity index (χ0) is 19.8. The molecule has 0 atom stereocenters. The quantitative estimate of drug-likeness (QED) is 0.730. The Balaban J connectivity index is 1.30. The maximum atomic E-state index is 12.3. The first-order chi connectivity index (χ1) is 13.6. The van der Waals surface area contributed by atoms with Crippen molar-refractivity contribution in [2.24, 2.45) is 0 Å². The van der Waals surface area contributed by atoms with E-state index in [1.807, 2.05) is 23.1 Å². The van der Waals surface area contributed by atoms with Crippen molar-refractivity contribution in [2.45, 2.75) is 32.5 Å². The number of piperidine rings is 1. The topological polar surface area (TPSA) is 84.7 Å². The predicted octanol–water partition coefficient (Wildman–Crippen LogP) is 2.86. The Morgan fingerprint density at radius 1 is 1.25 bits per heavy atom. The van der Waals surface area contributed by atoms with Crippen molar-refractivity contribution in [1.82, 2.24) is 10.1 Å². The third kappa shape index (κ3) is 6.38. The first-order valence-electron chi connectivity index (χ1n) is 9.34. The number of hydrogen-bond acceptors (Lipinski definition) is 6. The van der Waals surface area contributed by atoms with Crippen LogP contribution in [0.3, 0.4) is 0 Å². The van der Waals surface area contributed by atoms with Crippen LogP contribution in [-0.2, 0) is 20.9 Å². The fourth-order valence-corrected chi connectivity index (χ4v) is 3.70. The van der Waals surface area contributed by atoms with Crippen molar-refractivity contribution in [2.75, 3.05) is 29.9 Å². The first kappa shape index (κ1) is 20.4. The minimum Gasteiger partial charge on any atom is -0.373 e. The molecule has 2 heterocycles. The number of nitrogens with zero attached hydrogens (tertiary/aromatic N) is 2. The summed E-state index contributed by atoms with van der Waals surface area (Å²) in [5.74, 6) is 1.40. The third-order valence-electron chi connectivity index (χ3n) is 4.48. The first-order valence-corrected chi connectivity index (χ1v) is 10.5. The largest absolute Gasteiger partial charge is 0.373 e. The van der Waals surface area contributed by atoms with Gasteiger partial charge < -0.3 is 19.5 Å². The molecule has 150 valence electrons. The van der Waals surface area contributed by atoms with Gasteiger partial charge in [-0.05, 0) is 25.3 Å². The number of thioether (sulfide) groups is 1. The summed E-state index contributed by atoms with van der Waals surface area (Å²) in [5, 5.41) is 6.35. The molecule has 1 aromatic heterocycles. The van der Waals surface area contributed by atoms with E-state index < -0.39 is 0 Å². The Morgan fingerprint density at radius 2 is 2.00 bits per heavy atom. The maximum Gasteiger partial charge on any atom is 0.235 e. The number of anilines is 1. The van der Waals surface area contributed by atoms with Gasteiger partial charge in [-0.1, -0.05) is 35.5 Å². The van der Waals surface area contributed by atoms with E-state index in [0.717, 1.165) is 18.4 Å². The molecule has 1 aromatic carbocycles. The lowest BCUT2D eigenvalue weighted by Gasteiger charge is -2.32. The molecule has 8 heteroatoms. The minimum atomic E-state index is -0.195. The Hall–Kier alpha value is -2.32. The van der Waals surface area contributed by atoms with Gasteiger partial charge in [0.25, 0.3) is 0 Å². The van der Waals surface area contributed by atoms with Crippen LogP contribution in [0.25, 0.3) is 0 Å². The highest BCUT2D eigenvalue weighted by molar-refractivity contribution is 8.00. The van der Waals surface area contributed by atoms with Crippen LogP contribution in [0.5, 0.6) is 0 Å². The zero-order valence-corrected chi connectivity index (χ0v) is 16.7. The average Bonchev–Trinajstić information content (AvgIpc) is 3.12. The van der Waals surface area contributed by atoms with Gasteiger partial charge in [-0.2, -0.15) is 0 Å². The number of aromatic nitrogens is 1. The monoisotopic (exact) mass is 403 g/mol. The van der Waals surface area contributed by atoms with Crippen molar-refractivity contribution < 1.29 is 18.8 Å². The van der Waals surface area contributed by atoms with Gasteiger partial charge in [0.1, 0.15) is 5.76 Å². The Kier molecular flexibility index (Phi) is 7.50. The van der Waals surface area contributed by atoms with Crippen LogP contribution in [0.15, 0.2) is 40.9 Å². The second-order valence-corrected chi connectivity index (χ2v) is 7.73. The maximum absolute atomic E-state index is 12.3. The lowest BCUT2D eigenvalue weighted by molar-refractivity contribution is -0.131. The highest BCUT2D eigenvalue weighted by Gasteiger charge is 2.23. The summed E-state index contributed by atoms with van der Waals surface area (Å²) in [5.41, 5.74) is 1.16. The van der Waals surface area contributed by atoms with Gasteiger partial charge in [-0.25, -0.2) is 0 Å². The number of hydrogen-bond donors (Lipinski definition) is 1. The summed E-state index contributed by atoms with van der Waals surface area (Å²) in [6.07, 6.45) is 1.87. The van der Waals surface area contributed by atoms with Crippen LogP contribution >= 0.6 is 11.8 Å². The number of carbonyl (C=O) groups excluding carboxylic acids is 2. The SMILES string of the molecule is Cc1cc(NC(=O)CSCC(=O)N2CCC(OCc3ccccc3)CC2)no1.